The molecular formula is C46H64ClNO6. The van der Waals surface area contributed by atoms with Gasteiger partial charge in [0.15, 0.2) is 5.78 Å². The molecule has 54 heavy (non-hydrogen) atoms. The second-order valence-corrected chi connectivity index (χ2v) is 21.2. The molecule has 0 aliphatic heterocycles. The number of amides is 1. The number of ether oxygens (including phenoxy) is 1. The highest BCUT2D eigenvalue weighted by molar-refractivity contribution is 6.31. The van der Waals surface area contributed by atoms with Gasteiger partial charge in [-0.25, -0.2) is 0 Å². The third kappa shape index (κ3) is 5.69. The Kier molecular flexibility index (Phi) is 9.67. The van der Waals surface area contributed by atoms with Gasteiger partial charge in [-0.15, -0.1) is 0 Å². The number of carbonyl (C=O) groups is 4. The van der Waals surface area contributed by atoms with E-state index < -0.39 is 22.7 Å². The van der Waals surface area contributed by atoms with Gasteiger partial charge in [0.25, 0.3) is 0 Å². The first-order valence-corrected chi connectivity index (χ1v) is 21.2. The molecule has 6 aliphatic carbocycles. The Balaban J connectivity index is 1.13. The van der Waals surface area contributed by atoms with E-state index in [1.165, 1.54) is 5.57 Å². The zero-order chi connectivity index (χ0) is 39.4. The van der Waals surface area contributed by atoms with Crippen LogP contribution in [0.15, 0.2) is 35.4 Å². The van der Waals surface area contributed by atoms with E-state index in [1.807, 2.05) is 38.1 Å². The molecule has 5 saturated carbocycles. The molecule has 0 spiro atoms. The number of carbonyl (C=O) groups excluding carboxylic acids is 3. The summed E-state index contributed by atoms with van der Waals surface area (Å²) in [6.45, 7) is 20.7. The topological polar surface area (TPSA) is 110 Å². The maximum Gasteiger partial charge on any atom is 0.309 e. The number of halogens is 1. The number of benzene rings is 1. The number of ketones is 1. The van der Waals surface area contributed by atoms with Crippen molar-refractivity contribution in [1.29, 1.82) is 0 Å². The van der Waals surface area contributed by atoms with Crippen LogP contribution in [0.25, 0.3) is 0 Å². The van der Waals surface area contributed by atoms with Crippen LogP contribution in [0.5, 0.6) is 0 Å². The van der Waals surface area contributed by atoms with E-state index in [0.29, 0.717) is 42.7 Å². The Labute approximate surface area is 328 Å². The molecule has 8 heteroatoms. The molecule has 10 atom stereocenters. The molecule has 7 nitrogen and oxygen atoms in total. The SMILES string of the molecule is CC(C)C1=C2[C@H]3CC[C@@H]4[C@@]5(C)CC[C@H](OC(=O)[C@H]6C[C@@H](C(=O)O)C6(C)C)C(C)(C)[C@@H]5CC[C@@]4(C)[C@]3(C)CC[C@@]2(CC(=O)NCc2ccccc2Cl)CC1=O. The molecule has 0 bridgehead atoms. The molecule has 7 rings (SSSR count). The lowest BCUT2D eigenvalue weighted by Crippen LogP contribution is -2.66. The summed E-state index contributed by atoms with van der Waals surface area (Å²) in [5.74, 6) is -0.465. The summed E-state index contributed by atoms with van der Waals surface area (Å²) in [6.07, 6.45) is 8.88. The Morgan fingerprint density at radius 3 is 2.22 bits per heavy atom. The van der Waals surface area contributed by atoms with Crippen molar-refractivity contribution in [3.8, 4) is 0 Å². The molecule has 5 fully saturated rings. The van der Waals surface area contributed by atoms with Crippen LogP contribution in [0.3, 0.4) is 0 Å². The minimum absolute atomic E-state index is 0.00846. The molecule has 1 aromatic carbocycles. The minimum Gasteiger partial charge on any atom is -0.481 e. The summed E-state index contributed by atoms with van der Waals surface area (Å²) >= 11 is 6.42. The summed E-state index contributed by atoms with van der Waals surface area (Å²) < 4.78 is 6.41. The fourth-order valence-electron chi connectivity index (χ4n) is 14.3. The number of aliphatic carboxylic acids is 1. The highest BCUT2D eigenvalue weighted by atomic mass is 35.5. The number of nitrogens with one attached hydrogen (secondary N) is 1. The van der Waals surface area contributed by atoms with Crippen LogP contribution in [0.4, 0.5) is 0 Å². The third-order valence-electron chi connectivity index (χ3n) is 17.6. The molecule has 1 aromatic rings. The molecule has 1 amide bonds. The number of hydrogen-bond acceptors (Lipinski definition) is 5. The van der Waals surface area contributed by atoms with Crippen LogP contribution in [0.2, 0.25) is 5.02 Å². The molecule has 2 N–H and O–H groups in total. The maximum absolute atomic E-state index is 14.0. The lowest BCUT2D eigenvalue weighted by Gasteiger charge is -2.72. The highest BCUT2D eigenvalue weighted by Crippen LogP contribution is 2.77. The number of carboxylic acids is 1. The second kappa shape index (κ2) is 13.2. The van der Waals surface area contributed by atoms with Crippen LogP contribution >= 0.6 is 11.6 Å². The van der Waals surface area contributed by atoms with Crippen LogP contribution < -0.4 is 5.32 Å². The Hall–Kier alpha value is -2.67. The minimum atomic E-state index is -0.832. The van der Waals surface area contributed by atoms with E-state index in [-0.39, 0.29) is 63.2 Å². The maximum atomic E-state index is 14.0. The van der Waals surface area contributed by atoms with Crippen LogP contribution in [-0.4, -0.2) is 34.8 Å². The largest absolute Gasteiger partial charge is 0.481 e. The molecule has 6 aliphatic rings. The van der Waals surface area contributed by atoms with Crippen molar-refractivity contribution in [2.45, 2.75) is 146 Å². The van der Waals surface area contributed by atoms with E-state index in [0.717, 1.165) is 62.5 Å². The first kappa shape index (κ1) is 39.6. The number of hydrogen-bond donors (Lipinski definition) is 2. The third-order valence-corrected chi connectivity index (χ3v) is 17.9. The molecule has 0 radical (unpaired) electrons. The van der Waals surface area contributed by atoms with Crippen molar-refractivity contribution in [3.05, 3.63) is 46.0 Å². The predicted molar refractivity (Wildman–Crippen MR) is 210 cm³/mol. The lowest BCUT2D eigenvalue weighted by atomic mass is 9.33. The Bertz CT molecular complexity index is 1780. The normalized spacial score (nSPS) is 40.5. The number of Topliss-reactive ketones (excluding diaryl/α,β-unsaturated/α-hetero) is 1. The van der Waals surface area contributed by atoms with Gasteiger partial charge < -0.3 is 15.2 Å². The number of esters is 1. The first-order chi connectivity index (χ1) is 25.1. The second-order valence-electron chi connectivity index (χ2n) is 20.8. The van der Waals surface area contributed by atoms with Gasteiger partial charge in [-0.2, -0.15) is 0 Å². The van der Waals surface area contributed by atoms with Crippen LogP contribution in [0, 0.1) is 68.0 Å². The Morgan fingerprint density at radius 2 is 1.57 bits per heavy atom. The summed E-state index contributed by atoms with van der Waals surface area (Å²) in [4.78, 5) is 53.2. The van der Waals surface area contributed by atoms with E-state index in [4.69, 9.17) is 16.3 Å². The average Bonchev–Trinajstić information content (AvgIpc) is 3.37. The van der Waals surface area contributed by atoms with Gasteiger partial charge in [-0.1, -0.05) is 97.7 Å². The summed E-state index contributed by atoms with van der Waals surface area (Å²) in [7, 11) is 0. The van der Waals surface area contributed by atoms with Gasteiger partial charge >= 0.3 is 11.9 Å². The van der Waals surface area contributed by atoms with Crippen molar-refractivity contribution in [1.82, 2.24) is 5.32 Å². The highest BCUT2D eigenvalue weighted by Gasteiger charge is 2.70. The van der Waals surface area contributed by atoms with Gasteiger partial charge in [0, 0.05) is 35.2 Å². The van der Waals surface area contributed by atoms with Gasteiger partial charge in [0.05, 0.1) is 11.8 Å². The molecule has 296 valence electrons. The molecule has 0 unspecified atom stereocenters. The predicted octanol–water partition coefficient (Wildman–Crippen LogP) is 9.99. The van der Waals surface area contributed by atoms with Crippen molar-refractivity contribution in [2.24, 2.45) is 68.0 Å². The zero-order valence-corrected chi connectivity index (χ0v) is 35.0. The molecule has 0 heterocycles. The van der Waals surface area contributed by atoms with Gasteiger partial charge in [-0.3, -0.25) is 19.2 Å². The summed E-state index contributed by atoms with van der Waals surface area (Å²) in [6, 6.07) is 7.61. The van der Waals surface area contributed by atoms with Crippen LogP contribution in [-0.2, 0) is 30.5 Å². The van der Waals surface area contributed by atoms with Gasteiger partial charge in [0.1, 0.15) is 6.10 Å². The lowest BCUT2D eigenvalue weighted by molar-refractivity contribution is -0.236. The van der Waals surface area contributed by atoms with Crippen LogP contribution in [0.1, 0.15) is 139 Å². The zero-order valence-electron chi connectivity index (χ0n) is 34.2. The summed E-state index contributed by atoms with van der Waals surface area (Å²) in [5.41, 5.74) is 2.08. The van der Waals surface area contributed by atoms with Crippen molar-refractivity contribution >= 4 is 35.2 Å². The fourth-order valence-corrected chi connectivity index (χ4v) is 14.5. The quantitative estimate of drug-likeness (QED) is 0.255. The van der Waals surface area contributed by atoms with E-state index in [1.54, 1.807) is 0 Å². The van der Waals surface area contributed by atoms with E-state index in [2.05, 4.69) is 53.8 Å². The van der Waals surface area contributed by atoms with Gasteiger partial charge in [-0.05, 0) is 120 Å². The Morgan fingerprint density at radius 1 is 0.870 bits per heavy atom. The van der Waals surface area contributed by atoms with Crippen molar-refractivity contribution in [3.63, 3.8) is 0 Å². The average molecular weight is 762 g/mol. The smallest absolute Gasteiger partial charge is 0.309 e. The number of rotatable bonds is 8. The van der Waals surface area contributed by atoms with E-state index in [9.17, 15) is 24.3 Å². The molecule has 0 aromatic heterocycles. The number of fused-ring (bicyclic) bond motifs is 7. The van der Waals surface area contributed by atoms with Crippen molar-refractivity contribution in [2.75, 3.05) is 0 Å². The number of carboxylic acid groups (broad SMARTS) is 1. The standard InChI is InChI=1S/C46H64ClNO6/c1-26(2)37-32(49)23-46(24-36(50)48-25-27-12-10-11-13-31(27)47)21-20-44(8)28(38(37)46)14-15-34-43(7)18-17-35(42(5,6)33(43)16-19-45(34,44)9)54-40(53)30-22-29(39(51)52)41(30,3)4/h10-13,26,28-30,33-35H,14-25H2,1-9H3,(H,48,50)(H,51,52)/t28-,29+,30-,33+,34-,35+,43+,44-,45-,46+/m1/s1. The van der Waals surface area contributed by atoms with E-state index >= 15 is 0 Å². The molecular weight excluding hydrogens is 698 g/mol. The van der Waals surface area contributed by atoms with Crippen molar-refractivity contribution < 1.29 is 29.0 Å². The number of allylic oxidation sites excluding steroid dienone is 2. The van der Waals surface area contributed by atoms with Gasteiger partial charge in [0.2, 0.25) is 5.91 Å². The monoisotopic (exact) mass is 761 g/mol. The summed E-state index contributed by atoms with van der Waals surface area (Å²) in [5, 5.41) is 13.5. The first-order valence-electron chi connectivity index (χ1n) is 20.9. The molecule has 0 saturated heterocycles. The fraction of sp³-hybridized carbons (Fsp3) is 0.739.